The topological polar surface area (TPSA) is 38.5 Å². The van der Waals surface area contributed by atoms with Gasteiger partial charge in [0.15, 0.2) is 0 Å². The third-order valence-electron chi connectivity index (χ3n) is 4.68. The van der Waals surface area contributed by atoms with Crippen molar-refractivity contribution in [3.05, 3.63) is 0 Å². The first kappa shape index (κ1) is 13.3. The molecule has 0 amide bonds. The van der Waals surface area contributed by atoms with E-state index in [2.05, 4.69) is 18.7 Å². The molecule has 2 aliphatic carbocycles. The molecule has 0 aromatic rings. The number of methoxy groups -OCH3 is 1. The van der Waals surface area contributed by atoms with Gasteiger partial charge in [0.1, 0.15) is 0 Å². The van der Waals surface area contributed by atoms with Gasteiger partial charge in [0.25, 0.3) is 0 Å². The summed E-state index contributed by atoms with van der Waals surface area (Å²) in [5, 5.41) is 0. The second-order valence-corrected chi connectivity index (χ2v) is 6.53. The molecule has 3 nitrogen and oxygen atoms in total. The molecule has 2 saturated carbocycles. The summed E-state index contributed by atoms with van der Waals surface area (Å²) in [4.78, 5) is 2.61. The van der Waals surface area contributed by atoms with Gasteiger partial charge in [-0.3, -0.25) is 4.90 Å². The second kappa shape index (κ2) is 5.25. The van der Waals surface area contributed by atoms with Crippen molar-refractivity contribution in [1.82, 2.24) is 4.90 Å². The first-order chi connectivity index (χ1) is 8.04. The van der Waals surface area contributed by atoms with Crippen LogP contribution in [0, 0.1) is 11.3 Å². The molecule has 0 aromatic carbocycles. The largest absolute Gasteiger partial charge is 0.383 e. The Hall–Kier alpha value is -0.120. The third-order valence-corrected chi connectivity index (χ3v) is 4.68. The number of nitrogens with zero attached hydrogens (tertiary/aromatic N) is 1. The van der Waals surface area contributed by atoms with Crippen molar-refractivity contribution in [1.29, 1.82) is 0 Å². The molecule has 0 saturated heterocycles. The lowest BCUT2D eigenvalue weighted by atomic mass is 9.85. The lowest BCUT2D eigenvalue weighted by Crippen LogP contribution is -2.43. The van der Waals surface area contributed by atoms with Gasteiger partial charge >= 0.3 is 0 Å². The Labute approximate surface area is 106 Å². The van der Waals surface area contributed by atoms with Crippen LogP contribution in [-0.2, 0) is 4.74 Å². The molecular weight excluding hydrogens is 212 g/mol. The molecule has 0 radical (unpaired) electrons. The first-order valence-corrected chi connectivity index (χ1v) is 7.03. The highest BCUT2D eigenvalue weighted by Gasteiger charge is 2.41. The molecule has 0 heterocycles. The van der Waals surface area contributed by atoms with Crippen molar-refractivity contribution in [2.45, 2.75) is 51.6 Å². The zero-order valence-electron chi connectivity index (χ0n) is 11.6. The predicted molar refractivity (Wildman–Crippen MR) is 71.0 cm³/mol. The summed E-state index contributed by atoms with van der Waals surface area (Å²) < 4.78 is 5.21. The first-order valence-electron chi connectivity index (χ1n) is 7.03. The summed E-state index contributed by atoms with van der Waals surface area (Å²) in [6.07, 6.45) is 5.32. The molecule has 2 N–H and O–H groups in total. The molecular formula is C14H28N2O. The van der Waals surface area contributed by atoms with Gasteiger partial charge in [-0.1, -0.05) is 13.8 Å². The Morgan fingerprint density at radius 1 is 1.29 bits per heavy atom. The summed E-state index contributed by atoms with van der Waals surface area (Å²) in [5.41, 5.74) is 6.73. The average molecular weight is 240 g/mol. The van der Waals surface area contributed by atoms with Crippen LogP contribution in [0.25, 0.3) is 0 Å². The Morgan fingerprint density at radius 2 is 2.00 bits per heavy atom. The number of hydrogen-bond donors (Lipinski definition) is 1. The minimum Gasteiger partial charge on any atom is -0.383 e. The lowest BCUT2D eigenvalue weighted by molar-refractivity contribution is 0.126. The molecule has 0 aromatic heterocycles. The van der Waals surface area contributed by atoms with E-state index < -0.39 is 0 Å². The maximum atomic E-state index is 6.40. The molecule has 0 aliphatic heterocycles. The van der Waals surface area contributed by atoms with Crippen molar-refractivity contribution >= 4 is 0 Å². The maximum absolute atomic E-state index is 6.40. The summed E-state index contributed by atoms with van der Waals surface area (Å²) in [7, 11) is 1.79. The van der Waals surface area contributed by atoms with Crippen molar-refractivity contribution in [2.24, 2.45) is 17.1 Å². The molecule has 3 heteroatoms. The minimum absolute atomic E-state index is 0.334. The van der Waals surface area contributed by atoms with Crippen molar-refractivity contribution in [3.8, 4) is 0 Å². The summed E-state index contributed by atoms with van der Waals surface area (Å²) in [6, 6.07) is 1.19. The van der Waals surface area contributed by atoms with Crippen molar-refractivity contribution < 1.29 is 4.74 Å². The fourth-order valence-corrected chi connectivity index (χ4v) is 3.12. The number of hydrogen-bond acceptors (Lipinski definition) is 3. The van der Waals surface area contributed by atoms with Gasteiger partial charge in [-0.05, 0) is 37.0 Å². The third kappa shape index (κ3) is 3.21. The van der Waals surface area contributed by atoms with Crippen LogP contribution in [0.4, 0.5) is 0 Å². The van der Waals surface area contributed by atoms with Gasteiger partial charge < -0.3 is 10.5 Å². The van der Waals surface area contributed by atoms with E-state index in [0.717, 1.165) is 19.2 Å². The van der Waals surface area contributed by atoms with E-state index >= 15 is 0 Å². The number of ether oxygens (including phenoxy) is 1. The lowest BCUT2D eigenvalue weighted by Gasteiger charge is -2.31. The van der Waals surface area contributed by atoms with Crippen LogP contribution in [0.5, 0.6) is 0 Å². The SMILES string of the molecule is COCCN(CC1CCC(C)(C)C1N)C1CC1. The van der Waals surface area contributed by atoms with Crippen LogP contribution in [0.2, 0.25) is 0 Å². The smallest absolute Gasteiger partial charge is 0.0589 e. The van der Waals surface area contributed by atoms with Gasteiger partial charge in [-0.2, -0.15) is 0 Å². The minimum atomic E-state index is 0.334. The fourth-order valence-electron chi connectivity index (χ4n) is 3.12. The molecule has 2 aliphatic rings. The molecule has 0 bridgehead atoms. The molecule has 2 rings (SSSR count). The van der Waals surface area contributed by atoms with E-state index in [9.17, 15) is 0 Å². The van der Waals surface area contributed by atoms with E-state index in [-0.39, 0.29) is 0 Å². The zero-order valence-corrected chi connectivity index (χ0v) is 11.6. The van der Waals surface area contributed by atoms with E-state index in [0.29, 0.717) is 17.4 Å². The van der Waals surface area contributed by atoms with Crippen LogP contribution in [-0.4, -0.2) is 43.8 Å². The molecule has 100 valence electrons. The highest BCUT2D eigenvalue weighted by atomic mass is 16.5. The quantitative estimate of drug-likeness (QED) is 0.770. The zero-order chi connectivity index (χ0) is 12.5. The Bertz CT molecular complexity index is 251. The fraction of sp³-hybridized carbons (Fsp3) is 1.00. The molecule has 2 fully saturated rings. The Morgan fingerprint density at radius 3 is 2.47 bits per heavy atom. The Kier molecular flexibility index (Phi) is 4.11. The van der Waals surface area contributed by atoms with Crippen LogP contribution < -0.4 is 5.73 Å². The van der Waals surface area contributed by atoms with Gasteiger partial charge in [0.05, 0.1) is 6.61 Å². The molecule has 2 unspecified atom stereocenters. The normalized spacial score (nSPS) is 32.3. The Balaban J connectivity index is 1.85. The average Bonchev–Trinajstić information content (AvgIpc) is 3.08. The molecule has 17 heavy (non-hydrogen) atoms. The van der Waals surface area contributed by atoms with Gasteiger partial charge in [-0.25, -0.2) is 0 Å². The van der Waals surface area contributed by atoms with Gasteiger partial charge in [0, 0.05) is 32.3 Å². The maximum Gasteiger partial charge on any atom is 0.0589 e. The monoisotopic (exact) mass is 240 g/mol. The summed E-state index contributed by atoms with van der Waals surface area (Å²) in [6.45, 7) is 7.73. The molecule has 0 spiro atoms. The standard InChI is InChI=1S/C14H28N2O/c1-14(2)7-6-11(13(14)15)10-16(8-9-17-3)12-4-5-12/h11-13H,4-10,15H2,1-3H3. The van der Waals surface area contributed by atoms with Crippen molar-refractivity contribution in [3.63, 3.8) is 0 Å². The van der Waals surface area contributed by atoms with E-state index in [4.69, 9.17) is 10.5 Å². The van der Waals surface area contributed by atoms with Crippen LogP contribution in [0.1, 0.15) is 39.5 Å². The van der Waals surface area contributed by atoms with E-state index in [1.165, 1.54) is 32.2 Å². The highest BCUT2D eigenvalue weighted by Crippen LogP contribution is 2.41. The second-order valence-electron chi connectivity index (χ2n) is 6.53. The van der Waals surface area contributed by atoms with Gasteiger partial charge in [0.2, 0.25) is 0 Å². The van der Waals surface area contributed by atoms with E-state index in [1.54, 1.807) is 7.11 Å². The molecule has 2 atom stereocenters. The highest BCUT2D eigenvalue weighted by molar-refractivity contribution is 4.96. The van der Waals surface area contributed by atoms with Crippen LogP contribution in [0.15, 0.2) is 0 Å². The van der Waals surface area contributed by atoms with Crippen LogP contribution >= 0.6 is 0 Å². The van der Waals surface area contributed by atoms with Crippen molar-refractivity contribution in [2.75, 3.05) is 26.8 Å². The van der Waals surface area contributed by atoms with Crippen LogP contribution in [0.3, 0.4) is 0 Å². The number of rotatable bonds is 6. The number of nitrogens with two attached hydrogens (primary N) is 1. The predicted octanol–water partition coefficient (Wildman–Crippen LogP) is 1.86. The summed E-state index contributed by atoms with van der Waals surface area (Å²) in [5.74, 6) is 0.683. The van der Waals surface area contributed by atoms with Gasteiger partial charge in [-0.15, -0.1) is 0 Å². The van der Waals surface area contributed by atoms with E-state index in [1.807, 2.05) is 0 Å². The summed E-state index contributed by atoms with van der Waals surface area (Å²) >= 11 is 0.